The van der Waals surface area contributed by atoms with Crippen LogP contribution in [0.1, 0.15) is 12.5 Å². The highest BCUT2D eigenvalue weighted by molar-refractivity contribution is 5.99. The van der Waals surface area contributed by atoms with Gasteiger partial charge >= 0.3 is 0 Å². The molecule has 3 heteroatoms. The van der Waals surface area contributed by atoms with E-state index in [0.29, 0.717) is 6.61 Å². The molecular weight excluding hydrogens is 274 g/mol. The van der Waals surface area contributed by atoms with E-state index in [1.54, 1.807) is 12.2 Å². The molecule has 0 aliphatic carbocycles. The summed E-state index contributed by atoms with van der Waals surface area (Å²) in [5.41, 5.74) is 1.86. The van der Waals surface area contributed by atoms with Crippen LogP contribution in [0.25, 0.3) is 0 Å². The van der Waals surface area contributed by atoms with Crippen molar-refractivity contribution in [3.63, 3.8) is 0 Å². The van der Waals surface area contributed by atoms with Gasteiger partial charge in [0.2, 0.25) is 5.91 Å². The maximum absolute atomic E-state index is 11.6. The Hall–Kier alpha value is -2.81. The van der Waals surface area contributed by atoms with Gasteiger partial charge in [-0.05, 0) is 36.8 Å². The van der Waals surface area contributed by atoms with Crippen LogP contribution >= 0.6 is 0 Å². The fourth-order valence-corrected chi connectivity index (χ4v) is 1.81. The van der Waals surface area contributed by atoms with E-state index >= 15 is 0 Å². The summed E-state index contributed by atoms with van der Waals surface area (Å²) < 4.78 is 5.70. The van der Waals surface area contributed by atoms with E-state index in [1.165, 1.54) is 6.08 Å². The van der Waals surface area contributed by atoms with Crippen molar-refractivity contribution < 1.29 is 9.53 Å². The Morgan fingerprint density at radius 1 is 1.05 bits per heavy atom. The number of benzene rings is 2. The Labute approximate surface area is 130 Å². The smallest absolute Gasteiger partial charge is 0.248 e. The minimum absolute atomic E-state index is 0.156. The van der Waals surface area contributed by atoms with Crippen molar-refractivity contribution >= 4 is 11.6 Å². The minimum Gasteiger partial charge on any atom is -0.489 e. The fraction of sp³-hybridized carbons (Fsp3) is 0.105. The van der Waals surface area contributed by atoms with Crippen molar-refractivity contribution in [1.29, 1.82) is 0 Å². The third-order valence-corrected chi connectivity index (χ3v) is 2.92. The molecule has 0 unspecified atom stereocenters. The highest BCUT2D eigenvalue weighted by atomic mass is 16.5. The third-order valence-electron chi connectivity index (χ3n) is 2.92. The Morgan fingerprint density at radius 3 is 2.45 bits per heavy atom. The van der Waals surface area contributed by atoms with Crippen molar-refractivity contribution in [1.82, 2.24) is 0 Å². The van der Waals surface area contributed by atoms with Gasteiger partial charge < -0.3 is 10.1 Å². The molecule has 2 aromatic rings. The summed E-state index contributed by atoms with van der Waals surface area (Å²) in [6.45, 7) is 2.43. The summed E-state index contributed by atoms with van der Waals surface area (Å²) in [4.78, 5) is 11.6. The van der Waals surface area contributed by atoms with Gasteiger partial charge in [-0.25, -0.2) is 0 Å². The zero-order chi connectivity index (χ0) is 15.6. The number of ether oxygens (including phenoxy) is 1. The number of anilines is 1. The predicted molar refractivity (Wildman–Crippen MR) is 89.8 cm³/mol. The van der Waals surface area contributed by atoms with E-state index in [4.69, 9.17) is 4.74 Å². The highest BCUT2D eigenvalue weighted by Crippen LogP contribution is 2.17. The van der Waals surface area contributed by atoms with Crippen LogP contribution in [0.3, 0.4) is 0 Å². The van der Waals surface area contributed by atoms with Gasteiger partial charge in [0.1, 0.15) is 12.4 Å². The van der Waals surface area contributed by atoms with E-state index in [9.17, 15) is 4.79 Å². The normalized spacial score (nSPS) is 11.0. The van der Waals surface area contributed by atoms with Crippen molar-refractivity contribution in [2.24, 2.45) is 0 Å². The van der Waals surface area contributed by atoms with Crippen molar-refractivity contribution in [3.05, 3.63) is 84.5 Å². The van der Waals surface area contributed by atoms with Crippen LogP contribution in [0.2, 0.25) is 0 Å². The third kappa shape index (κ3) is 5.29. The van der Waals surface area contributed by atoms with Crippen LogP contribution in [0, 0.1) is 0 Å². The molecule has 0 aliphatic heterocycles. The second kappa shape index (κ2) is 8.47. The highest BCUT2D eigenvalue weighted by Gasteiger charge is 1.99. The number of carbonyl (C=O) groups excluding carboxylic acids is 1. The maximum atomic E-state index is 11.6. The topological polar surface area (TPSA) is 38.3 Å². The Balaban J connectivity index is 1.86. The number of allylic oxidation sites excluding steroid dienone is 3. The molecule has 1 amide bonds. The average molecular weight is 293 g/mol. The van der Waals surface area contributed by atoms with Crippen LogP contribution in [0.15, 0.2) is 78.9 Å². The summed E-state index contributed by atoms with van der Waals surface area (Å²) in [6.07, 6.45) is 6.86. The van der Waals surface area contributed by atoms with Gasteiger partial charge in [-0.2, -0.15) is 0 Å². The molecule has 2 rings (SSSR count). The number of rotatable bonds is 6. The summed E-state index contributed by atoms with van der Waals surface area (Å²) in [5, 5.41) is 2.79. The van der Waals surface area contributed by atoms with E-state index in [0.717, 1.165) is 17.0 Å². The molecule has 0 heterocycles. The second-order valence-corrected chi connectivity index (χ2v) is 4.67. The first kappa shape index (κ1) is 15.6. The van der Waals surface area contributed by atoms with Gasteiger partial charge in [0.25, 0.3) is 0 Å². The monoisotopic (exact) mass is 293 g/mol. The molecule has 0 aliphatic rings. The lowest BCUT2D eigenvalue weighted by Crippen LogP contribution is -2.07. The SMILES string of the molecule is C/C=C/C=C/C(=O)Nc1ccc(OCc2ccccc2)cc1. The van der Waals surface area contributed by atoms with Crippen molar-refractivity contribution in [2.45, 2.75) is 13.5 Å². The number of hydrogen-bond donors (Lipinski definition) is 1. The largest absolute Gasteiger partial charge is 0.489 e. The molecule has 0 fully saturated rings. The molecule has 0 saturated carbocycles. The molecule has 0 spiro atoms. The Bertz CT molecular complexity index is 643. The van der Waals surface area contributed by atoms with Crippen LogP contribution in [-0.2, 0) is 11.4 Å². The maximum Gasteiger partial charge on any atom is 0.248 e. The molecule has 2 aromatic carbocycles. The molecule has 3 nitrogen and oxygen atoms in total. The van der Waals surface area contributed by atoms with Gasteiger partial charge in [0, 0.05) is 11.8 Å². The number of nitrogens with one attached hydrogen (secondary N) is 1. The molecule has 1 N–H and O–H groups in total. The van der Waals surface area contributed by atoms with Gasteiger partial charge in [0.15, 0.2) is 0 Å². The second-order valence-electron chi connectivity index (χ2n) is 4.67. The molecule has 0 aromatic heterocycles. The zero-order valence-corrected chi connectivity index (χ0v) is 12.5. The Kier molecular flexibility index (Phi) is 6.00. The van der Waals surface area contributed by atoms with Crippen LogP contribution in [0.5, 0.6) is 5.75 Å². The van der Waals surface area contributed by atoms with Gasteiger partial charge in [-0.3, -0.25) is 4.79 Å². The van der Waals surface area contributed by atoms with Crippen molar-refractivity contribution in [2.75, 3.05) is 5.32 Å². The quantitative estimate of drug-likeness (QED) is 0.635. The zero-order valence-electron chi connectivity index (χ0n) is 12.5. The summed E-state index contributed by atoms with van der Waals surface area (Å²) in [6, 6.07) is 17.3. The van der Waals surface area contributed by atoms with Gasteiger partial charge in [-0.15, -0.1) is 0 Å². The number of amides is 1. The summed E-state index contributed by atoms with van der Waals surface area (Å²) in [7, 11) is 0. The number of hydrogen-bond acceptors (Lipinski definition) is 2. The molecule has 112 valence electrons. The number of carbonyl (C=O) groups is 1. The molecule has 22 heavy (non-hydrogen) atoms. The molecular formula is C19H19NO2. The van der Waals surface area contributed by atoms with Crippen LogP contribution in [0.4, 0.5) is 5.69 Å². The van der Waals surface area contributed by atoms with Crippen LogP contribution in [-0.4, -0.2) is 5.91 Å². The first-order valence-corrected chi connectivity index (χ1v) is 7.15. The molecule has 0 saturated heterocycles. The van der Waals surface area contributed by atoms with E-state index in [1.807, 2.05) is 67.6 Å². The van der Waals surface area contributed by atoms with Gasteiger partial charge in [0.05, 0.1) is 0 Å². The summed E-state index contributed by atoms with van der Waals surface area (Å²) in [5.74, 6) is 0.613. The van der Waals surface area contributed by atoms with E-state index < -0.39 is 0 Å². The molecule has 0 atom stereocenters. The first-order chi connectivity index (χ1) is 10.8. The predicted octanol–water partition coefficient (Wildman–Crippen LogP) is 4.34. The fourth-order valence-electron chi connectivity index (χ4n) is 1.81. The summed E-state index contributed by atoms with van der Waals surface area (Å²) >= 11 is 0. The molecule has 0 radical (unpaired) electrons. The Morgan fingerprint density at radius 2 is 1.77 bits per heavy atom. The van der Waals surface area contributed by atoms with E-state index in [2.05, 4.69) is 5.32 Å². The lowest BCUT2D eigenvalue weighted by molar-refractivity contribution is -0.111. The average Bonchev–Trinajstić information content (AvgIpc) is 2.55. The van der Waals surface area contributed by atoms with E-state index in [-0.39, 0.29) is 5.91 Å². The van der Waals surface area contributed by atoms with Gasteiger partial charge in [-0.1, -0.05) is 48.6 Å². The van der Waals surface area contributed by atoms with Crippen LogP contribution < -0.4 is 10.1 Å². The van der Waals surface area contributed by atoms with Crippen molar-refractivity contribution in [3.8, 4) is 5.75 Å². The lowest BCUT2D eigenvalue weighted by atomic mass is 10.2. The molecule has 0 bridgehead atoms. The lowest BCUT2D eigenvalue weighted by Gasteiger charge is -2.07. The minimum atomic E-state index is -0.156. The first-order valence-electron chi connectivity index (χ1n) is 7.15. The standard InChI is InChI=1S/C19H19NO2/c1-2-3-5-10-19(21)20-17-11-13-18(14-12-17)22-15-16-8-6-4-7-9-16/h2-14H,15H2,1H3,(H,20,21)/b3-2+,10-5+.